The van der Waals surface area contributed by atoms with Gasteiger partial charge >= 0.3 is 0 Å². The average Bonchev–Trinajstić information content (AvgIpc) is 3.41. The fourth-order valence-corrected chi connectivity index (χ4v) is 5.60. The summed E-state index contributed by atoms with van der Waals surface area (Å²) in [5.41, 5.74) is 1.74. The Morgan fingerprint density at radius 2 is 1.69 bits per heavy atom. The third kappa shape index (κ3) is 5.36. The van der Waals surface area contributed by atoms with Crippen LogP contribution in [0.3, 0.4) is 0 Å². The highest BCUT2D eigenvalue weighted by atomic mass is 35.5. The molecule has 3 aromatic carbocycles. The van der Waals surface area contributed by atoms with Gasteiger partial charge in [0.1, 0.15) is 10.0 Å². The van der Waals surface area contributed by atoms with Gasteiger partial charge in [-0.1, -0.05) is 40.9 Å². The van der Waals surface area contributed by atoms with Crippen molar-refractivity contribution in [1.82, 2.24) is 0 Å². The van der Waals surface area contributed by atoms with E-state index in [2.05, 4.69) is 10.5 Å². The molecule has 3 aromatic rings. The zero-order valence-corrected chi connectivity index (χ0v) is 21.8. The van der Waals surface area contributed by atoms with Gasteiger partial charge in [-0.05, 0) is 64.8 Å². The molecular formula is C25H14Cl5N3O3. The van der Waals surface area contributed by atoms with Crippen molar-refractivity contribution in [3.63, 3.8) is 0 Å². The number of alkyl halides is 2. The van der Waals surface area contributed by atoms with Crippen LogP contribution in [0, 0.1) is 22.2 Å². The first kappa shape index (κ1) is 26.4. The van der Waals surface area contributed by atoms with Gasteiger partial charge in [-0.25, -0.2) is 0 Å². The van der Waals surface area contributed by atoms with Crippen LogP contribution < -0.4 is 5.32 Å². The summed E-state index contributed by atoms with van der Waals surface area (Å²) >= 11 is 31.2. The number of carbonyl (C=O) groups is 2. The minimum atomic E-state index is -1.36. The topological polar surface area (TPSA) is 99.4 Å². The van der Waals surface area contributed by atoms with Gasteiger partial charge in [0.05, 0.1) is 22.6 Å². The summed E-state index contributed by atoms with van der Waals surface area (Å²) in [6.45, 7) is 0. The van der Waals surface area contributed by atoms with Crippen molar-refractivity contribution in [3.05, 3.63) is 96.8 Å². The van der Waals surface area contributed by atoms with Crippen LogP contribution in [0.4, 0.5) is 11.4 Å². The Balaban J connectivity index is 1.53. The molecule has 1 saturated carbocycles. The van der Waals surface area contributed by atoms with Crippen LogP contribution in [0.5, 0.6) is 0 Å². The van der Waals surface area contributed by atoms with E-state index in [-0.39, 0.29) is 34.0 Å². The molecule has 0 bridgehead atoms. The number of carbonyl (C=O) groups excluding carboxylic acids is 2. The van der Waals surface area contributed by atoms with Crippen molar-refractivity contribution >= 4 is 81.1 Å². The lowest BCUT2D eigenvalue weighted by Crippen LogP contribution is -2.17. The predicted molar refractivity (Wildman–Crippen MR) is 142 cm³/mol. The van der Waals surface area contributed by atoms with E-state index in [1.165, 1.54) is 30.3 Å². The molecule has 0 heterocycles. The molecule has 0 radical (unpaired) electrons. The molecule has 1 fully saturated rings. The van der Waals surface area contributed by atoms with Crippen LogP contribution in [-0.2, 0) is 11.2 Å². The smallest absolute Gasteiger partial charge is 0.231 e. The lowest BCUT2D eigenvalue weighted by Gasteiger charge is -2.10. The first-order chi connectivity index (χ1) is 17.0. The van der Waals surface area contributed by atoms with Crippen LogP contribution in [0.2, 0.25) is 15.1 Å². The van der Waals surface area contributed by atoms with Crippen molar-refractivity contribution in [1.29, 1.82) is 5.26 Å². The fourth-order valence-electron chi connectivity index (χ4n) is 4.01. The van der Waals surface area contributed by atoms with Gasteiger partial charge in [0, 0.05) is 33.6 Å². The summed E-state index contributed by atoms with van der Waals surface area (Å²) in [5.74, 6) is -2.15. The lowest BCUT2D eigenvalue weighted by molar-refractivity contribution is -0.117. The van der Waals surface area contributed by atoms with Crippen LogP contribution in [0.15, 0.2) is 59.8 Å². The van der Waals surface area contributed by atoms with Gasteiger partial charge in [-0.15, -0.1) is 28.1 Å². The monoisotopic (exact) mass is 579 g/mol. The maximum absolute atomic E-state index is 13.0. The van der Waals surface area contributed by atoms with E-state index in [9.17, 15) is 19.8 Å². The van der Waals surface area contributed by atoms with Crippen molar-refractivity contribution in [3.8, 4) is 6.07 Å². The molecule has 1 aliphatic rings. The molecule has 1 amide bonds. The maximum atomic E-state index is 13.0. The summed E-state index contributed by atoms with van der Waals surface area (Å²) in [6, 6.07) is 15.5. The molecule has 0 spiro atoms. The van der Waals surface area contributed by atoms with E-state index in [4.69, 9.17) is 58.0 Å². The molecule has 1 aliphatic carbocycles. The van der Waals surface area contributed by atoms with Crippen LogP contribution in [0.25, 0.3) is 0 Å². The second-order valence-electron chi connectivity index (χ2n) is 8.16. The zero-order valence-electron chi connectivity index (χ0n) is 18.1. The molecule has 11 heteroatoms. The molecule has 6 nitrogen and oxygen atoms in total. The van der Waals surface area contributed by atoms with Crippen molar-refractivity contribution < 1.29 is 9.59 Å². The number of nitrogens with zero attached hydrogens (tertiary/aromatic N) is 2. The number of hydrogen-bond donors (Lipinski definition) is 1. The number of ketones is 1. The molecule has 2 atom stereocenters. The number of anilines is 1. The number of Topliss-reactive ketones (excluding diaryl/α,β-unsaturated/α-hetero) is 1. The highest BCUT2D eigenvalue weighted by Crippen LogP contribution is 2.65. The van der Waals surface area contributed by atoms with Crippen LogP contribution >= 0.6 is 58.0 Å². The number of nitrogens with one attached hydrogen (secondary N) is 1. The Kier molecular flexibility index (Phi) is 7.61. The Morgan fingerprint density at radius 3 is 2.33 bits per heavy atom. The molecule has 2 unspecified atom stereocenters. The van der Waals surface area contributed by atoms with E-state index in [0.29, 0.717) is 26.9 Å². The van der Waals surface area contributed by atoms with Crippen molar-refractivity contribution in [2.45, 2.75) is 16.7 Å². The van der Waals surface area contributed by atoms with Crippen molar-refractivity contribution in [2.75, 3.05) is 5.32 Å². The average molecular weight is 582 g/mol. The normalized spacial score (nSPS) is 17.7. The fraction of sp³-hybridized carbons (Fsp3) is 0.160. The Morgan fingerprint density at radius 1 is 1.00 bits per heavy atom. The largest absolute Gasteiger partial charge is 0.326 e. The van der Waals surface area contributed by atoms with Crippen LogP contribution in [-0.4, -0.2) is 16.0 Å². The predicted octanol–water partition coefficient (Wildman–Crippen LogP) is 7.87. The summed E-state index contributed by atoms with van der Waals surface area (Å²) in [6.07, 6.45) is -0.147. The molecular weight excluding hydrogens is 568 g/mol. The Hall–Kier alpha value is -2.66. The van der Waals surface area contributed by atoms with Crippen molar-refractivity contribution in [2.24, 2.45) is 11.1 Å². The Labute approximate surface area is 231 Å². The van der Waals surface area contributed by atoms with Crippen LogP contribution in [0.1, 0.15) is 33.0 Å². The second kappa shape index (κ2) is 10.4. The van der Waals surface area contributed by atoms with Gasteiger partial charge < -0.3 is 5.32 Å². The van der Waals surface area contributed by atoms with E-state index < -0.39 is 22.1 Å². The Bertz CT molecular complexity index is 1430. The molecule has 4 rings (SSSR count). The standard InChI is InChI=1S/C25H14Cl5N3O3/c26-15-5-13(6-16(27)9-15)22-23(25(22,29)30)24(35)32-17-3-4-20(28)19(10-17)21(34)8-12-1-2-18(33-36)7-14(12)11-31/h1-7,9-10,22-23H,8H2,(H,32,35). The minimum absolute atomic E-state index is 0.0820. The molecule has 182 valence electrons. The number of benzene rings is 3. The molecule has 1 N–H and O–H groups in total. The highest BCUT2D eigenvalue weighted by Gasteiger charge is 2.67. The number of nitriles is 1. The van der Waals surface area contributed by atoms with Gasteiger partial charge in [-0.2, -0.15) is 5.26 Å². The maximum Gasteiger partial charge on any atom is 0.231 e. The summed E-state index contributed by atoms with van der Waals surface area (Å²) in [4.78, 5) is 36.7. The van der Waals surface area contributed by atoms with Gasteiger partial charge in [-0.3, -0.25) is 9.59 Å². The van der Waals surface area contributed by atoms with E-state index >= 15 is 0 Å². The summed E-state index contributed by atoms with van der Waals surface area (Å²) in [5, 5.41) is 15.8. The zero-order chi connectivity index (χ0) is 26.2. The quantitative estimate of drug-likeness (QED) is 0.174. The number of nitroso groups, excluding NO2 is 1. The van der Waals surface area contributed by atoms with Gasteiger partial charge in [0.2, 0.25) is 5.91 Å². The number of amides is 1. The molecule has 36 heavy (non-hydrogen) atoms. The summed E-state index contributed by atoms with van der Waals surface area (Å²) in [7, 11) is 0. The molecule has 0 saturated heterocycles. The molecule has 0 aromatic heterocycles. The summed E-state index contributed by atoms with van der Waals surface area (Å²) < 4.78 is -1.36. The first-order valence-electron chi connectivity index (χ1n) is 10.4. The molecule has 0 aliphatic heterocycles. The minimum Gasteiger partial charge on any atom is -0.326 e. The van der Waals surface area contributed by atoms with E-state index in [0.717, 1.165) is 0 Å². The SMILES string of the molecule is N#Cc1cc(N=O)ccc1CC(=O)c1cc(NC(=O)C2C(c3cc(Cl)cc(Cl)c3)C2(Cl)Cl)ccc1Cl. The lowest BCUT2D eigenvalue weighted by atomic mass is 9.98. The highest BCUT2D eigenvalue weighted by molar-refractivity contribution is 6.53. The third-order valence-electron chi connectivity index (χ3n) is 5.78. The number of rotatable bonds is 7. The second-order valence-corrected chi connectivity index (χ2v) is 10.9. The van der Waals surface area contributed by atoms with E-state index in [1.54, 1.807) is 24.3 Å². The first-order valence-corrected chi connectivity index (χ1v) is 12.3. The van der Waals surface area contributed by atoms with Gasteiger partial charge in [0.15, 0.2) is 5.78 Å². The van der Waals surface area contributed by atoms with E-state index in [1.807, 2.05) is 6.07 Å². The third-order valence-corrected chi connectivity index (χ3v) is 7.49. The number of halogens is 5. The van der Waals surface area contributed by atoms with Gasteiger partial charge in [0.25, 0.3) is 0 Å². The number of hydrogen-bond acceptors (Lipinski definition) is 5.